The molecule has 0 saturated heterocycles. The minimum atomic E-state index is -4.43. The van der Waals surface area contributed by atoms with Crippen molar-refractivity contribution < 1.29 is 50.2 Å². The number of ether oxygens (including phenoxy) is 3. The van der Waals surface area contributed by atoms with Gasteiger partial charge in [-0.15, -0.1) is 11.3 Å². The lowest BCUT2D eigenvalue weighted by Gasteiger charge is -2.32. The number of sulfonamides is 2. The summed E-state index contributed by atoms with van der Waals surface area (Å²) in [6.45, 7) is 2.77. The van der Waals surface area contributed by atoms with Crippen LogP contribution in [0.25, 0.3) is 0 Å². The van der Waals surface area contributed by atoms with Gasteiger partial charge in [0, 0.05) is 58.2 Å². The molecule has 1 amide bonds. The van der Waals surface area contributed by atoms with E-state index in [1.165, 1.54) is 17.5 Å². The van der Waals surface area contributed by atoms with Gasteiger partial charge in [0.05, 0.1) is 0 Å². The Labute approximate surface area is 225 Å². The number of ketones is 1. The summed E-state index contributed by atoms with van der Waals surface area (Å²) in [4.78, 5) is 46.1. The third-order valence-electron chi connectivity index (χ3n) is 5.18. The van der Waals surface area contributed by atoms with Gasteiger partial charge in [-0.05, 0) is 19.0 Å². The molecule has 0 spiro atoms. The van der Waals surface area contributed by atoms with Crippen molar-refractivity contribution in [3.05, 3.63) is 11.6 Å². The summed E-state index contributed by atoms with van der Waals surface area (Å²) >= 11 is 0.542. The SMILES string of the molecule is CCN[C@H]1CN(CCCOC)S(=O)(=O)c2sc(S(=O)(=O)NC(=O)CCC(=O)COC(=O)COC(C)=O)cc21. The van der Waals surface area contributed by atoms with Crippen LogP contribution >= 0.6 is 11.3 Å². The van der Waals surface area contributed by atoms with E-state index in [1.54, 1.807) is 0 Å². The largest absolute Gasteiger partial charge is 0.455 e. The zero-order valence-electron chi connectivity index (χ0n) is 21.2. The maximum Gasteiger partial charge on any atom is 0.344 e. The van der Waals surface area contributed by atoms with Crippen molar-refractivity contribution in [3.63, 3.8) is 0 Å². The number of thiophene rings is 1. The highest BCUT2D eigenvalue weighted by Gasteiger charge is 2.40. The van der Waals surface area contributed by atoms with Crippen molar-refractivity contribution in [2.24, 2.45) is 0 Å². The molecule has 1 aliphatic heterocycles. The van der Waals surface area contributed by atoms with Gasteiger partial charge in [-0.3, -0.25) is 14.4 Å². The van der Waals surface area contributed by atoms with Gasteiger partial charge in [-0.2, -0.15) is 4.31 Å². The van der Waals surface area contributed by atoms with E-state index in [4.69, 9.17) is 4.74 Å². The number of nitrogens with zero attached hydrogens (tertiary/aromatic N) is 1. The molecule has 0 saturated carbocycles. The Kier molecular flexibility index (Phi) is 11.8. The van der Waals surface area contributed by atoms with Gasteiger partial charge in [0.1, 0.15) is 15.0 Å². The van der Waals surface area contributed by atoms with Crippen molar-refractivity contribution in [2.45, 2.75) is 47.6 Å². The Morgan fingerprint density at radius 2 is 1.87 bits per heavy atom. The molecule has 1 atom stereocenters. The van der Waals surface area contributed by atoms with Gasteiger partial charge in [0.25, 0.3) is 20.0 Å². The van der Waals surface area contributed by atoms with Crippen LogP contribution in [0.5, 0.6) is 0 Å². The molecule has 2 rings (SSSR count). The number of amides is 1. The minimum absolute atomic E-state index is 0.114. The number of esters is 2. The van der Waals surface area contributed by atoms with E-state index < -0.39 is 75.8 Å². The van der Waals surface area contributed by atoms with Crippen LogP contribution in [0.15, 0.2) is 14.5 Å². The van der Waals surface area contributed by atoms with Crippen LogP contribution in [0.3, 0.4) is 0 Å². The maximum atomic E-state index is 13.2. The zero-order valence-corrected chi connectivity index (χ0v) is 23.6. The number of nitrogens with one attached hydrogen (secondary N) is 2. The lowest BCUT2D eigenvalue weighted by Crippen LogP contribution is -2.43. The van der Waals surface area contributed by atoms with E-state index in [0.717, 1.165) is 6.92 Å². The standard InChI is InChI=1S/C21H31N3O11S3/c1-4-22-17-11-24(8-5-9-33-3)38(31,32)21-16(17)10-20(36-21)37(29,30)23-18(27)7-6-15(26)12-35-19(28)13-34-14(2)25/h10,17,22H,4-9,11-13H2,1-3H3,(H,23,27)/t17-/m0/s1. The predicted octanol–water partition coefficient (Wildman–Crippen LogP) is -0.300. The first kappa shape index (κ1) is 31.8. The Morgan fingerprint density at radius 3 is 2.50 bits per heavy atom. The smallest absolute Gasteiger partial charge is 0.344 e. The van der Waals surface area contributed by atoms with Gasteiger partial charge in [-0.25, -0.2) is 26.4 Å². The first-order valence-corrected chi connectivity index (χ1v) is 15.3. The fraction of sp³-hybridized carbons (Fsp3) is 0.619. The Bertz CT molecular complexity index is 1240. The van der Waals surface area contributed by atoms with Crippen molar-refractivity contribution in [1.29, 1.82) is 0 Å². The molecule has 38 heavy (non-hydrogen) atoms. The molecular formula is C21H31N3O11S3. The summed E-state index contributed by atoms with van der Waals surface area (Å²) in [7, 11) is -6.88. The van der Waals surface area contributed by atoms with E-state index in [0.29, 0.717) is 36.5 Å². The molecule has 14 nitrogen and oxygen atoms in total. The number of rotatable bonds is 15. The number of hydrogen-bond acceptors (Lipinski definition) is 13. The molecule has 0 bridgehead atoms. The number of hydrogen-bond donors (Lipinski definition) is 2. The van der Waals surface area contributed by atoms with E-state index in [-0.39, 0.29) is 21.5 Å². The Hall–Kier alpha value is -2.44. The fourth-order valence-corrected chi connectivity index (χ4v) is 8.32. The van der Waals surface area contributed by atoms with Crippen LogP contribution in [0.2, 0.25) is 0 Å². The van der Waals surface area contributed by atoms with Crippen molar-refractivity contribution in [1.82, 2.24) is 14.3 Å². The summed E-state index contributed by atoms with van der Waals surface area (Å²) in [5.41, 5.74) is 0.304. The van der Waals surface area contributed by atoms with E-state index >= 15 is 0 Å². The van der Waals surface area contributed by atoms with Crippen LogP contribution in [-0.2, 0) is 53.4 Å². The molecule has 214 valence electrons. The van der Waals surface area contributed by atoms with Crippen LogP contribution in [0.1, 0.15) is 44.7 Å². The summed E-state index contributed by atoms with van der Waals surface area (Å²) < 4.78 is 68.7. The second-order valence-electron chi connectivity index (χ2n) is 8.14. The predicted molar refractivity (Wildman–Crippen MR) is 133 cm³/mol. The van der Waals surface area contributed by atoms with Crippen molar-refractivity contribution in [2.75, 3.05) is 46.6 Å². The summed E-state index contributed by atoms with van der Waals surface area (Å²) in [6, 6.07) is 0.791. The lowest BCUT2D eigenvalue weighted by atomic mass is 10.1. The topological polar surface area (TPSA) is 192 Å². The minimum Gasteiger partial charge on any atom is -0.455 e. The molecule has 0 aliphatic carbocycles. The second kappa shape index (κ2) is 14.1. The van der Waals surface area contributed by atoms with E-state index in [9.17, 15) is 36.0 Å². The molecule has 0 fully saturated rings. The number of likely N-dealkylation sites (N-methyl/N-ethyl adjacent to an activating group) is 1. The van der Waals surface area contributed by atoms with Crippen molar-refractivity contribution >= 4 is 55.0 Å². The van der Waals surface area contributed by atoms with E-state index in [2.05, 4.69) is 14.8 Å². The van der Waals surface area contributed by atoms with Crippen molar-refractivity contribution in [3.8, 4) is 0 Å². The third kappa shape index (κ3) is 8.81. The highest BCUT2D eigenvalue weighted by atomic mass is 32.3. The highest BCUT2D eigenvalue weighted by molar-refractivity contribution is 7.94. The molecular weight excluding hydrogens is 566 g/mol. The van der Waals surface area contributed by atoms with Crippen LogP contribution in [0.4, 0.5) is 0 Å². The summed E-state index contributed by atoms with van der Waals surface area (Å²) in [5.74, 6) is -3.31. The molecule has 1 aliphatic rings. The first-order valence-electron chi connectivity index (χ1n) is 11.5. The zero-order chi connectivity index (χ0) is 28.5. The molecule has 0 unspecified atom stereocenters. The third-order valence-corrected chi connectivity index (χ3v) is 10.6. The summed E-state index contributed by atoms with van der Waals surface area (Å²) in [6.07, 6.45) is -0.479. The number of fused-ring (bicyclic) bond motifs is 1. The van der Waals surface area contributed by atoms with Gasteiger partial charge in [-0.1, -0.05) is 6.92 Å². The molecule has 2 heterocycles. The summed E-state index contributed by atoms with van der Waals surface area (Å²) in [5, 5.41) is 3.16. The fourth-order valence-electron chi connectivity index (χ4n) is 3.42. The van der Waals surface area contributed by atoms with Gasteiger partial charge in [0.2, 0.25) is 5.91 Å². The Morgan fingerprint density at radius 1 is 1.16 bits per heavy atom. The van der Waals surface area contributed by atoms with Gasteiger partial charge < -0.3 is 19.5 Å². The molecule has 17 heteroatoms. The van der Waals surface area contributed by atoms with Gasteiger partial charge >= 0.3 is 11.9 Å². The number of carbonyl (C=O) groups excluding carboxylic acids is 4. The average Bonchev–Trinajstić information content (AvgIpc) is 3.31. The Balaban J connectivity index is 2.05. The number of Topliss-reactive ketones (excluding diaryl/α,β-unsaturated/α-hetero) is 1. The quantitative estimate of drug-likeness (QED) is 0.198. The number of carbonyl (C=O) groups is 4. The average molecular weight is 598 g/mol. The lowest BCUT2D eigenvalue weighted by molar-refractivity contribution is -0.159. The monoisotopic (exact) mass is 597 g/mol. The molecule has 1 aromatic rings. The second-order valence-corrected chi connectivity index (χ2v) is 13.2. The number of methoxy groups -OCH3 is 1. The van der Waals surface area contributed by atoms with Crippen LogP contribution < -0.4 is 10.0 Å². The maximum absolute atomic E-state index is 13.2. The van der Waals surface area contributed by atoms with Crippen LogP contribution in [0, 0.1) is 0 Å². The highest BCUT2D eigenvalue weighted by Crippen LogP contribution is 2.40. The molecule has 2 N–H and O–H groups in total. The normalized spacial score (nSPS) is 16.9. The first-order chi connectivity index (χ1) is 17.8. The molecule has 1 aromatic heterocycles. The van der Waals surface area contributed by atoms with E-state index in [1.807, 2.05) is 11.6 Å². The molecule has 0 radical (unpaired) electrons. The molecule has 0 aromatic carbocycles. The van der Waals surface area contributed by atoms with Crippen LogP contribution in [-0.4, -0.2) is 91.3 Å². The van der Waals surface area contributed by atoms with Gasteiger partial charge in [0.15, 0.2) is 12.4 Å².